The van der Waals surface area contributed by atoms with E-state index in [1.54, 1.807) is 55.6 Å². The van der Waals surface area contributed by atoms with Gasteiger partial charge in [-0.2, -0.15) is 5.26 Å². The zero-order valence-corrected chi connectivity index (χ0v) is 11.6. The second-order valence-electron chi connectivity index (χ2n) is 4.21. The monoisotopic (exact) mass is 285 g/mol. The van der Waals surface area contributed by atoms with E-state index >= 15 is 0 Å². The molecule has 100 valence electrons. The molecule has 0 saturated carbocycles. The van der Waals surface area contributed by atoms with Crippen molar-refractivity contribution in [1.82, 2.24) is 0 Å². The van der Waals surface area contributed by atoms with Gasteiger partial charge in [0.1, 0.15) is 11.7 Å². The van der Waals surface area contributed by atoms with Crippen LogP contribution in [0.2, 0.25) is 5.02 Å². The fourth-order valence-corrected chi connectivity index (χ4v) is 2.09. The normalized spacial score (nSPS) is 11.4. The van der Waals surface area contributed by atoms with Crippen LogP contribution in [0.15, 0.2) is 48.5 Å². The van der Waals surface area contributed by atoms with Gasteiger partial charge in [-0.15, -0.1) is 0 Å². The number of hydrogen-bond acceptors (Lipinski definition) is 3. The van der Waals surface area contributed by atoms with Crippen molar-refractivity contribution in [3.63, 3.8) is 0 Å². The van der Waals surface area contributed by atoms with E-state index in [0.717, 1.165) is 0 Å². The van der Waals surface area contributed by atoms with Gasteiger partial charge in [0, 0.05) is 10.6 Å². The molecule has 2 rings (SSSR count). The molecule has 0 N–H and O–H groups in total. The van der Waals surface area contributed by atoms with Gasteiger partial charge in [-0.1, -0.05) is 23.7 Å². The van der Waals surface area contributed by atoms with E-state index in [1.165, 1.54) is 0 Å². The highest BCUT2D eigenvalue weighted by Gasteiger charge is 2.21. The van der Waals surface area contributed by atoms with Crippen molar-refractivity contribution in [3.8, 4) is 11.8 Å². The number of methoxy groups -OCH3 is 1. The summed E-state index contributed by atoms with van der Waals surface area (Å²) >= 11 is 5.90. The van der Waals surface area contributed by atoms with Gasteiger partial charge in [-0.3, -0.25) is 4.79 Å². The van der Waals surface area contributed by atoms with E-state index in [-0.39, 0.29) is 5.78 Å². The first-order valence-electron chi connectivity index (χ1n) is 5.99. The number of ether oxygens (including phenoxy) is 1. The number of benzene rings is 2. The van der Waals surface area contributed by atoms with Crippen LogP contribution < -0.4 is 4.74 Å². The Balaban J connectivity index is 2.31. The molecule has 0 heterocycles. The van der Waals surface area contributed by atoms with Gasteiger partial charge in [-0.05, 0) is 42.0 Å². The predicted octanol–water partition coefficient (Wildman–Crippen LogP) is 3.84. The molecule has 0 spiro atoms. The first kappa shape index (κ1) is 14.1. The highest BCUT2D eigenvalue weighted by molar-refractivity contribution is 6.30. The van der Waals surface area contributed by atoms with Gasteiger partial charge in [0.25, 0.3) is 0 Å². The predicted molar refractivity (Wildman–Crippen MR) is 77.1 cm³/mol. The zero-order chi connectivity index (χ0) is 14.5. The van der Waals surface area contributed by atoms with Crippen LogP contribution in [0.25, 0.3) is 0 Å². The third-order valence-electron chi connectivity index (χ3n) is 2.95. The maximum Gasteiger partial charge on any atom is 0.184 e. The van der Waals surface area contributed by atoms with E-state index in [4.69, 9.17) is 16.3 Å². The van der Waals surface area contributed by atoms with Crippen LogP contribution in [-0.4, -0.2) is 12.9 Å². The molecule has 0 fully saturated rings. The van der Waals surface area contributed by atoms with Crippen molar-refractivity contribution >= 4 is 17.4 Å². The summed E-state index contributed by atoms with van der Waals surface area (Å²) in [5.41, 5.74) is 1.07. The first-order chi connectivity index (χ1) is 9.65. The summed E-state index contributed by atoms with van der Waals surface area (Å²) in [7, 11) is 1.56. The average molecular weight is 286 g/mol. The van der Waals surface area contributed by atoms with Gasteiger partial charge in [-0.25, -0.2) is 0 Å². The van der Waals surface area contributed by atoms with Crippen LogP contribution in [0.1, 0.15) is 21.8 Å². The van der Waals surface area contributed by atoms with Crippen molar-refractivity contribution in [3.05, 3.63) is 64.7 Å². The van der Waals surface area contributed by atoms with Crippen LogP contribution in [-0.2, 0) is 0 Å². The Morgan fingerprint density at radius 2 is 1.95 bits per heavy atom. The zero-order valence-electron chi connectivity index (χ0n) is 10.8. The maximum absolute atomic E-state index is 12.4. The maximum atomic E-state index is 12.4. The number of nitriles is 1. The lowest BCUT2D eigenvalue weighted by Crippen LogP contribution is -2.11. The van der Waals surface area contributed by atoms with Gasteiger partial charge >= 0.3 is 0 Å². The first-order valence-corrected chi connectivity index (χ1v) is 6.37. The Morgan fingerprint density at radius 3 is 2.50 bits per heavy atom. The van der Waals surface area contributed by atoms with Gasteiger partial charge in [0.15, 0.2) is 5.78 Å². The third-order valence-corrected chi connectivity index (χ3v) is 3.18. The highest BCUT2D eigenvalue weighted by atomic mass is 35.5. The standard InChI is InChI=1S/C16H12ClNO2/c1-20-14-7-5-11(6-8-14)16(19)15(10-18)12-3-2-4-13(17)9-12/h2-9,15H,1H3. The highest BCUT2D eigenvalue weighted by Crippen LogP contribution is 2.24. The molecular formula is C16H12ClNO2. The molecule has 0 bridgehead atoms. The van der Waals surface area contributed by atoms with Crippen LogP contribution in [0.3, 0.4) is 0 Å². The minimum absolute atomic E-state index is 0.252. The Bertz CT molecular complexity index is 659. The topological polar surface area (TPSA) is 50.1 Å². The Hall–Kier alpha value is -2.31. The van der Waals surface area contributed by atoms with Crippen molar-refractivity contribution in [1.29, 1.82) is 5.26 Å². The molecule has 0 radical (unpaired) electrons. The summed E-state index contributed by atoms with van der Waals surface area (Å²) in [5.74, 6) is -0.447. The van der Waals surface area contributed by atoms with Gasteiger partial charge in [0.05, 0.1) is 13.2 Å². The number of carbonyl (C=O) groups is 1. The number of rotatable bonds is 4. The molecular weight excluding hydrogens is 274 g/mol. The van der Waals surface area contributed by atoms with Crippen LogP contribution in [0, 0.1) is 11.3 Å². The number of ketones is 1. The van der Waals surface area contributed by atoms with Crippen molar-refractivity contribution in [2.24, 2.45) is 0 Å². The fraction of sp³-hybridized carbons (Fsp3) is 0.125. The Labute approximate surface area is 122 Å². The molecule has 4 heteroatoms. The van der Waals surface area contributed by atoms with Crippen molar-refractivity contribution < 1.29 is 9.53 Å². The van der Waals surface area contributed by atoms with Crippen molar-refractivity contribution in [2.45, 2.75) is 5.92 Å². The molecule has 0 aromatic heterocycles. The Kier molecular flexibility index (Phi) is 4.39. The summed E-state index contributed by atoms with van der Waals surface area (Å²) in [6.45, 7) is 0. The molecule has 20 heavy (non-hydrogen) atoms. The van der Waals surface area contributed by atoms with E-state index in [9.17, 15) is 10.1 Å². The fourth-order valence-electron chi connectivity index (χ4n) is 1.89. The molecule has 0 aliphatic rings. The van der Waals surface area contributed by atoms with E-state index < -0.39 is 5.92 Å². The lowest BCUT2D eigenvalue weighted by molar-refractivity contribution is 0.0979. The lowest BCUT2D eigenvalue weighted by Gasteiger charge is -2.09. The van der Waals surface area contributed by atoms with Crippen LogP contribution in [0.5, 0.6) is 5.75 Å². The molecule has 0 saturated heterocycles. The molecule has 1 unspecified atom stereocenters. The van der Waals surface area contributed by atoms with Gasteiger partial charge < -0.3 is 4.74 Å². The van der Waals surface area contributed by atoms with Crippen molar-refractivity contribution in [2.75, 3.05) is 7.11 Å². The number of Topliss-reactive ketones (excluding diaryl/α,β-unsaturated/α-hetero) is 1. The summed E-state index contributed by atoms with van der Waals surface area (Å²) in [6.07, 6.45) is 0. The lowest BCUT2D eigenvalue weighted by atomic mass is 9.92. The SMILES string of the molecule is COc1ccc(C(=O)C(C#N)c2cccc(Cl)c2)cc1. The molecule has 0 amide bonds. The number of hydrogen-bond donors (Lipinski definition) is 0. The summed E-state index contributed by atoms with van der Waals surface area (Å²) < 4.78 is 5.04. The second-order valence-corrected chi connectivity index (χ2v) is 4.65. The number of carbonyl (C=O) groups excluding carboxylic acids is 1. The van der Waals surface area contributed by atoms with Crippen LogP contribution >= 0.6 is 11.6 Å². The minimum atomic E-state index is -0.859. The van der Waals surface area contributed by atoms with Gasteiger partial charge in [0.2, 0.25) is 0 Å². The minimum Gasteiger partial charge on any atom is -0.497 e. The smallest absolute Gasteiger partial charge is 0.184 e. The van der Waals surface area contributed by atoms with Crippen LogP contribution in [0.4, 0.5) is 0 Å². The summed E-state index contributed by atoms with van der Waals surface area (Å²) in [6, 6.07) is 15.5. The van der Waals surface area contributed by atoms with E-state index in [2.05, 4.69) is 0 Å². The summed E-state index contributed by atoms with van der Waals surface area (Å²) in [5, 5.41) is 9.77. The quantitative estimate of drug-likeness (QED) is 0.802. The average Bonchev–Trinajstić information content (AvgIpc) is 2.48. The molecule has 2 aromatic rings. The molecule has 1 atom stereocenters. The molecule has 0 aliphatic carbocycles. The molecule has 2 aromatic carbocycles. The number of nitrogens with zero attached hydrogens (tertiary/aromatic N) is 1. The van der Waals surface area contributed by atoms with E-state index in [0.29, 0.717) is 21.9 Å². The largest absolute Gasteiger partial charge is 0.497 e. The van der Waals surface area contributed by atoms with E-state index in [1.807, 2.05) is 6.07 Å². The summed E-state index contributed by atoms with van der Waals surface area (Å²) in [4.78, 5) is 12.4. The Morgan fingerprint density at radius 1 is 1.25 bits per heavy atom. The molecule has 0 aliphatic heterocycles. The number of halogens is 1. The molecule has 3 nitrogen and oxygen atoms in total. The second kappa shape index (κ2) is 6.23. The third kappa shape index (κ3) is 2.98.